The van der Waals surface area contributed by atoms with Gasteiger partial charge in [0.05, 0.1) is 24.7 Å². The number of thiophene rings is 1. The Morgan fingerprint density at radius 3 is 2.96 bits per heavy atom. The predicted octanol–water partition coefficient (Wildman–Crippen LogP) is 3.20. The number of anilines is 1. The minimum atomic E-state index is 0.391. The molecule has 2 fully saturated rings. The van der Waals surface area contributed by atoms with Crippen LogP contribution in [0, 0.1) is 5.92 Å². The Kier molecular flexibility index (Phi) is 4.36. The number of hydrogen-bond acceptors (Lipinski definition) is 6. The maximum Gasteiger partial charge on any atom is 0.141 e. The molecule has 25 heavy (non-hydrogen) atoms. The zero-order valence-electron chi connectivity index (χ0n) is 14.6. The lowest BCUT2D eigenvalue weighted by atomic mass is 10.1. The molecule has 0 bridgehead atoms. The molecule has 134 valence electrons. The van der Waals surface area contributed by atoms with Crippen LogP contribution >= 0.6 is 11.3 Å². The highest BCUT2D eigenvalue weighted by atomic mass is 32.1. The van der Waals surface area contributed by atoms with Crippen LogP contribution in [0.5, 0.6) is 0 Å². The molecule has 4 heterocycles. The summed E-state index contributed by atoms with van der Waals surface area (Å²) < 4.78 is 11.6. The Bertz CT molecular complexity index is 748. The highest BCUT2D eigenvalue weighted by molar-refractivity contribution is 7.19. The third-order valence-electron chi connectivity index (χ3n) is 5.81. The van der Waals surface area contributed by atoms with Crippen molar-refractivity contribution in [1.82, 2.24) is 9.97 Å². The molecule has 5 rings (SSSR count). The van der Waals surface area contributed by atoms with E-state index in [-0.39, 0.29) is 0 Å². The van der Waals surface area contributed by atoms with Crippen LogP contribution in [0.2, 0.25) is 0 Å². The third kappa shape index (κ3) is 3.04. The van der Waals surface area contributed by atoms with E-state index in [9.17, 15) is 0 Å². The number of piperidine rings is 1. The fraction of sp³-hybridized carbons (Fsp3) is 0.684. The van der Waals surface area contributed by atoms with Gasteiger partial charge in [0.1, 0.15) is 17.0 Å². The minimum absolute atomic E-state index is 0.391. The number of fused-ring (bicyclic) bond motifs is 3. The molecule has 3 aliphatic rings. The molecular formula is C19H25N3O2S. The standard InChI is InChI=1S/C19H25N3O2S/c1-2-15-16(3-1)25-19-17(15)18(20-12-21-19)22-7-4-14(5-8-22)24-11-13-6-9-23-10-13/h12-14H,1-11H2. The van der Waals surface area contributed by atoms with Crippen LogP contribution in [0.15, 0.2) is 6.33 Å². The molecule has 1 unspecified atom stereocenters. The second kappa shape index (κ2) is 6.82. The van der Waals surface area contributed by atoms with Crippen molar-refractivity contribution in [3.05, 3.63) is 16.8 Å². The Balaban J connectivity index is 1.27. The molecule has 6 heteroatoms. The van der Waals surface area contributed by atoms with Crippen molar-refractivity contribution in [3.63, 3.8) is 0 Å². The molecule has 2 aliphatic heterocycles. The first-order valence-corrected chi connectivity index (χ1v) is 10.4. The molecule has 0 N–H and O–H groups in total. The van der Waals surface area contributed by atoms with Gasteiger partial charge in [-0.2, -0.15) is 0 Å². The number of rotatable bonds is 4. The van der Waals surface area contributed by atoms with E-state index in [0.717, 1.165) is 58.0 Å². The van der Waals surface area contributed by atoms with Gasteiger partial charge in [-0.15, -0.1) is 11.3 Å². The van der Waals surface area contributed by atoms with Gasteiger partial charge in [0.2, 0.25) is 0 Å². The van der Waals surface area contributed by atoms with E-state index < -0.39 is 0 Å². The van der Waals surface area contributed by atoms with Crippen LogP contribution in [0.25, 0.3) is 10.2 Å². The maximum atomic E-state index is 6.16. The fourth-order valence-corrected chi connectivity index (χ4v) is 5.60. The molecule has 2 aromatic rings. The monoisotopic (exact) mass is 359 g/mol. The summed E-state index contributed by atoms with van der Waals surface area (Å²) in [7, 11) is 0. The Labute approximate surface area is 152 Å². The minimum Gasteiger partial charge on any atom is -0.381 e. The molecule has 0 saturated carbocycles. The molecule has 0 aromatic carbocycles. The summed E-state index contributed by atoms with van der Waals surface area (Å²) in [6.45, 7) is 4.70. The molecular weight excluding hydrogens is 334 g/mol. The van der Waals surface area contributed by atoms with Crippen molar-refractivity contribution in [2.45, 2.75) is 44.6 Å². The van der Waals surface area contributed by atoms with Crippen LogP contribution in [0.1, 0.15) is 36.1 Å². The lowest BCUT2D eigenvalue weighted by Crippen LogP contribution is -2.38. The second-order valence-corrected chi connectivity index (χ2v) is 8.57. The average Bonchev–Trinajstić information content (AvgIpc) is 3.37. The van der Waals surface area contributed by atoms with E-state index in [2.05, 4.69) is 14.9 Å². The van der Waals surface area contributed by atoms with Crippen molar-refractivity contribution >= 4 is 27.4 Å². The summed E-state index contributed by atoms with van der Waals surface area (Å²) in [5, 5.41) is 1.34. The summed E-state index contributed by atoms with van der Waals surface area (Å²) in [5.74, 6) is 1.76. The van der Waals surface area contributed by atoms with E-state index >= 15 is 0 Å². The normalized spacial score (nSPS) is 24.3. The summed E-state index contributed by atoms with van der Waals surface area (Å²) in [6.07, 6.45) is 9.16. The number of nitrogens with zero attached hydrogens (tertiary/aromatic N) is 3. The Morgan fingerprint density at radius 1 is 1.20 bits per heavy atom. The second-order valence-electron chi connectivity index (χ2n) is 7.48. The maximum absolute atomic E-state index is 6.16. The number of hydrogen-bond donors (Lipinski definition) is 0. The first kappa shape index (κ1) is 16.0. The quantitative estimate of drug-likeness (QED) is 0.839. The van der Waals surface area contributed by atoms with Gasteiger partial charge in [-0.05, 0) is 44.1 Å². The van der Waals surface area contributed by atoms with Gasteiger partial charge < -0.3 is 14.4 Å². The van der Waals surface area contributed by atoms with Crippen molar-refractivity contribution in [2.75, 3.05) is 37.8 Å². The summed E-state index contributed by atoms with van der Waals surface area (Å²) in [6, 6.07) is 0. The van der Waals surface area contributed by atoms with Crippen molar-refractivity contribution < 1.29 is 9.47 Å². The fourth-order valence-electron chi connectivity index (χ4n) is 4.37. The van der Waals surface area contributed by atoms with Gasteiger partial charge in [-0.25, -0.2) is 9.97 Å². The zero-order chi connectivity index (χ0) is 16.6. The van der Waals surface area contributed by atoms with Gasteiger partial charge in [-0.3, -0.25) is 0 Å². The number of aryl methyl sites for hydroxylation is 2. The topological polar surface area (TPSA) is 47.5 Å². The first-order chi connectivity index (χ1) is 12.4. The molecule has 0 spiro atoms. The predicted molar refractivity (Wildman–Crippen MR) is 99.6 cm³/mol. The smallest absolute Gasteiger partial charge is 0.141 e. The van der Waals surface area contributed by atoms with Gasteiger partial charge in [0.25, 0.3) is 0 Å². The molecule has 2 saturated heterocycles. The lowest BCUT2D eigenvalue weighted by molar-refractivity contribution is 0.0131. The van der Waals surface area contributed by atoms with Gasteiger partial charge in [-0.1, -0.05) is 0 Å². The van der Waals surface area contributed by atoms with Crippen LogP contribution < -0.4 is 4.90 Å². The van der Waals surface area contributed by atoms with Crippen LogP contribution in [-0.2, 0) is 22.3 Å². The van der Waals surface area contributed by atoms with E-state index in [1.54, 1.807) is 6.33 Å². The van der Waals surface area contributed by atoms with Gasteiger partial charge in [0.15, 0.2) is 0 Å². The highest BCUT2D eigenvalue weighted by Crippen LogP contribution is 2.40. The molecule has 5 nitrogen and oxygen atoms in total. The Hall–Kier alpha value is -1.24. The number of ether oxygens (including phenoxy) is 2. The van der Waals surface area contributed by atoms with Crippen LogP contribution in [-0.4, -0.2) is 49.0 Å². The molecule has 0 radical (unpaired) electrons. The average molecular weight is 359 g/mol. The van der Waals surface area contributed by atoms with Crippen molar-refractivity contribution in [3.8, 4) is 0 Å². The summed E-state index contributed by atoms with van der Waals surface area (Å²) >= 11 is 1.87. The summed E-state index contributed by atoms with van der Waals surface area (Å²) in [4.78, 5) is 14.4. The molecule has 0 amide bonds. The Morgan fingerprint density at radius 2 is 2.12 bits per heavy atom. The number of aromatic nitrogens is 2. The van der Waals surface area contributed by atoms with Crippen molar-refractivity contribution in [1.29, 1.82) is 0 Å². The van der Waals surface area contributed by atoms with E-state index in [0.29, 0.717) is 12.0 Å². The van der Waals surface area contributed by atoms with E-state index in [1.165, 1.54) is 39.9 Å². The first-order valence-electron chi connectivity index (χ1n) is 9.58. The largest absolute Gasteiger partial charge is 0.381 e. The summed E-state index contributed by atoms with van der Waals surface area (Å²) in [5.41, 5.74) is 1.52. The zero-order valence-corrected chi connectivity index (χ0v) is 15.4. The molecule has 1 atom stereocenters. The third-order valence-corrected chi connectivity index (χ3v) is 7.01. The van der Waals surface area contributed by atoms with Crippen LogP contribution in [0.3, 0.4) is 0 Å². The highest BCUT2D eigenvalue weighted by Gasteiger charge is 2.27. The van der Waals surface area contributed by atoms with E-state index in [1.807, 2.05) is 11.3 Å². The van der Waals surface area contributed by atoms with Crippen molar-refractivity contribution in [2.24, 2.45) is 5.92 Å². The molecule has 1 aliphatic carbocycles. The lowest BCUT2D eigenvalue weighted by Gasteiger charge is -2.33. The van der Waals surface area contributed by atoms with Gasteiger partial charge >= 0.3 is 0 Å². The molecule has 2 aromatic heterocycles. The van der Waals surface area contributed by atoms with Crippen LogP contribution in [0.4, 0.5) is 5.82 Å². The van der Waals surface area contributed by atoms with E-state index in [4.69, 9.17) is 9.47 Å². The van der Waals surface area contributed by atoms with Gasteiger partial charge in [0, 0.05) is 30.5 Å². The SMILES string of the molecule is c1nc(N2CCC(OCC3CCOC3)CC2)c2c3c(sc2n1)CCC3.